The van der Waals surface area contributed by atoms with E-state index in [-0.39, 0.29) is 0 Å². The standard InChI is InChI=1S/C12H27N3S/c1-5-8-9-13-12(16)14-11(4)10-15(6-2)7-3/h11H,5-10H2,1-4H3,(H2,13,14,16). The van der Waals surface area contributed by atoms with Gasteiger partial charge in [-0.3, -0.25) is 0 Å². The van der Waals surface area contributed by atoms with E-state index in [9.17, 15) is 0 Å². The molecule has 0 aromatic heterocycles. The normalized spacial score (nSPS) is 12.6. The molecule has 0 aliphatic rings. The van der Waals surface area contributed by atoms with Crippen LogP contribution in [0.5, 0.6) is 0 Å². The summed E-state index contributed by atoms with van der Waals surface area (Å²) >= 11 is 5.23. The van der Waals surface area contributed by atoms with Crippen molar-refractivity contribution in [1.29, 1.82) is 0 Å². The van der Waals surface area contributed by atoms with Crippen molar-refractivity contribution in [2.45, 2.75) is 46.6 Å². The highest BCUT2D eigenvalue weighted by Gasteiger charge is 2.07. The molecule has 2 N–H and O–H groups in total. The molecule has 3 nitrogen and oxygen atoms in total. The molecule has 0 aromatic carbocycles. The van der Waals surface area contributed by atoms with Gasteiger partial charge >= 0.3 is 0 Å². The van der Waals surface area contributed by atoms with E-state index < -0.39 is 0 Å². The molecule has 0 fully saturated rings. The summed E-state index contributed by atoms with van der Waals surface area (Å²) in [5.41, 5.74) is 0. The molecule has 0 radical (unpaired) electrons. The monoisotopic (exact) mass is 245 g/mol. The average Bonchev–Trinajstić information content (AvgIpc) is 2.26. The summed E-state index contributed by atoms with van der Waals surface area (Å²) in [5, 5.41) is 7.33. The summed E-state index contributed by atoms with van der Waals surface area (Å²) in [6.07, 6.45) is 2.37. The maximum Gasteiger partial charge on any atom is 0.166 e. The van der Waals surface area contributed by atoms with Gasteiger partial charge in [-0.05, 0) is 38.7 Å². The number of likely N-dealkylation sites (N-methyl/N-ethyl adjacent to an activating group) is 1. The van der Waals surface area contributed by atoms with Crippen LogP contribution in [-0.4, -0.2) is 42.2 Å². The molecule has 0 bridgehead atoms. The van der Waals surface area contributed by atoms with Crippen LogP contribution in [0.25, 0.3) is 0 Å². The predicted octanol–water partition coefficient (Wildman–Crippen LogP) is 1.98. The fraction of sp³-hybridized carbons (Fsp3) is 0.917. The molecule has 4 heteroatoms. The van der Waals surface area contributed by atoms with Crippen molar-refractivity contribution >= 4 is 17.3 Å². The molecule has 96 valence electrons. The molecule has 0 heterocycles. The van der Waals surface area contributed by atoms with Crippen LogP contribution in [0, 0.1) is 0 Å². The largest absolute Gasteiger partial charge is 0.363 e. The van der Waals surface area contributed by atoms with Gasteiger partial charge in [-0.25, -0.2) is 0 Å². The Labute approximate surface area is 106 Å². The lowest BCUT2D eigenvalue weighted by Gasteiger charge is -2.24. The van der Waals surface area contributed by atoms with E-state index >= 15 is 0 Å². The summed E-state index contributed by atoms with van der Waals surface area (Å²) in [5.74, 6) is 0. The first-order valence-electron chi connectivity index (χ1n) is 6.40. The van der Waals surface area contributed by atoms with Crippen molar-refractivity contribution in [2.24, 2.45) is 0 Å². The fourth-order valence-corrected chi connectivity index (χ4v) is 1.87. The zero-order valence-electron chi connectivity index (χ0n) is 11.2. The van der Waals surface area contributed by atoms with Gasteiger partial charge in [0, 0.05) is 19.1 Å². The van der Waals surface area contributed by atoms with Crippen LogP contribution in [0.1, 0.15) is 40.5 Å². The second kappa shape index (κ2) is 9.85. The van der Waals surface area contributed by atoms with Crippen LogP contribution < -0.4 is 10.6 Å². The highest BCUT2D eigenvalue weighted by molar-refractivity contribution is 7.80. The molecule has 16 heavy (non-hydrogen) atoms. The Morgan fingerprint density at radius 3 is 2.38 bits per heavy atom. The summed E-state index contributed by atoms with van der Waals surface area (Å²) in [6.45, 7) is 12.9. The molecule has 0 aromatic rings. The Kier molecular flexibility index (Phi) is 9.63. The molecule has 0 aliphatic heterocycles. The summed E-state index contributed by atoms with van der Waals surface area (Å²) < 4.78 is 0. The van der Waals surface area contributed by atoms with Gasteiger partial charge in [-0.1, -0.05) is 27.2 Å². The first-order valence-corrected chi connectivity index (χ1v) is 6.81. The van der Waals surface area contributed by atoms with Crippen LogP contribution >= 0.6 is 12.2 Å². The van der Waals surface area contributed by atoms with Crippen molar-refractivity contribution in [3.8, 4) is 0 Å². The van der Waals surface area contributed by atoms with E-state index in [4.69, 9.17) is 12.2 Å². The summed E-state index contributed by atoms with van der Waals surface area (Å²) in [6, 6.07) is 0.404. The molecule has 0 aliphatic carbocycles. The van der Waals surface area contributed by atoms with Crippen molar-refractivity contribution < 1.29 is 0 Å². The zero-order valence-corrected chi connectivity index (χ0v) is 12.0. The van der Waals surface area contributed by atoms with Gasteiger partial charge in [0.05, 0.1) is 0 Å². The minimum atomic E-state index is 0.404. The number of nitrogens with zero attached hydrogens (tertiary/aromatic N) is 1. The van der Waals surface area contributed by atoms with Gasteiger partial charge in [0.1, 0.15) is 0 Å². The van der Waals surface area contributed by atoms with Gasteiger partial charge in [0.25, 0.3) is 0 Å². The number of thiocarbonyl (C=S) groups is 1. The Hall–Kier alpha value is -0.350. The Bertz CT molecular complexity index is 181. The van der Waals surface area contributed by atoms with Gasteiger partial charge in [0.15, 0.2) is 5.11 Å². The van der Waals surface area contributed by atoms with Gasteiger partial charge in [-0.15, -0.1) is 0 Å². The van der Waals surface area contributed by atoms with Crippen molar-refractivity contribution in [3.63, 3.8) is 0 Å². The first-order chi connectivity index (χ1) is 7.63. The van der Waals surface area contributed by atoms with E-state index in [1.54, 1.807) is 0 Å². The van der Waals surface area contributed by atoms with E-state index in [0.29, 0.717) is 6.04 Å². The van der Waals surface area contributed by atoms with Crippen molar-refractivity contribution in [3.05, 3.63) is 0 Å². The van der Waals surface area contributed by atoms with Gasteiger partial charge in [0.2, 0.25) is 0 Å². The van der Waals surface area contributed by atoms with E-state index in [0.717, 1.165) is 31.3 Å². The molecule has 1 unspecified atom stereocenters. The molecule has 0 saturated carbocycles. The minimum absolute atomic E-state index is 0.404. The molecule has 0 rings (SSSR count). The van der Waals surface area contributed by atoms with Crippen LogP contribution in [0.15, 0.2) is 0 Å². The number of rotatable bonds is 8. The van der Waals surface area contributed by atoms with E-state index in [2.05, 4.69) is 43.2 Å². The second-order valence-electron chi connectivity index (χ2n) is 4.14. The predicted molar refractivity (Wildman–Crippen MR) is 75.9 cm³/mol. The summed E-state index contributed by atoms with van der Waals surface area (Å²) in [4.78, 5) is 2.40. The number of unbranched alkanes of at least 4 members (excludes halogenated alkanes) is 1. The van der Waals surface area contributed by atoms with Gasteiger partial charge < -0.3 is 15.5 Å². The molecule has 0 saturated heterocycles. The lowest BCUT2D eigenvalue weighted by molar-refractivity contribution is 0.281. The SMILES string of the molecule is CCCCNC(=S)NC(C)CN(CC)CC. The van der Waals surface area contributed by atoms with Crippen molar-refractivity contribution in [1.82, 2.24) is 15.5 Å². The first kappa shape index (κ1) is 15.7. The van der Waals surface area contributed by atoms with Crippen LogP contribution in [0.2, 0.25) is 0 Å². The minimum Gasteiger partial charge on any atom is -0.363 e. The zero-order chi connectivity index (χ0) is 12.4. The lowest BCUT2D eigenvalue weighted by atomic mass is 10.3. The Morgan fingerprint density at radius 1 is 1.25 bits per heavy atom. The molecule has 1 atom stereocenters. The molecular formula is C12H27N3S. The third kappa shape index (κ3) is 7.88. The third-order valence-corrected chi connectivity index (χ3v) is 2.88. The molecule has 0 spiro atoms. The number of nitrogens with one attached hydrogen (secondary N) is 2. The fourth-order valence-electron chi connectivity index (χ4n) is 1.57. The average molecular weight is 245 g/mol. The lowest BCUT2D eigenvalue weighted by Crippen LogP contribution is -2.46. The van der Waals surface area contributed by atoms with Crippen LogP contribution in [0.3, 0.4) is 0 Å². The maximum atomic E-state index is 5.23. The Balaban J connectivity index is 3.68. The molecular weight excluding hydrogens is 218 g/mol. The topological polar surface area (TPSA) is 27.3 Å². The highest BCUT2D eigenvalue weighted by Crippen LogP contribution is 1.91. The van der Waals surface area contributed by atoms with Crippen molar-refractivity contribution in [2.75, 3.05) is 26.2 Å². The van der Waals surface area contributed by atoms with E-state index in [1.807, 2.05) is 0 Å². The Morgan fingerprint density at radius 2 is 1.88 bits per heavy atom. The van der Waals surface area contributed by atoms with Gasteiger partial charge in [-0.2, -0.15) is 0 Å². The maximum absolute atomic E-state index is 5.23. The summed E-state index contributed by atoms with van der Waals surface area (Å²) in [7, 11) is 0. The van der Waals surface area contributed by atoms with E-state index in [1.165, 1.54) is 12.8 Å². The van der Waals surface area contributed by atoms with Crippen LogP contribution in [0.4, 0.5) is 0 Å². The number of hydrogen-bond donors (Lipinski definition) is 2. The highest BCUT2D eigenvalue weighted by atomic mass is 32.1. The van der Waals surface area contributed by atoms with Crippen LogP contribution in [-0.2, 0) is 0 Å². The smallest absolute Gasteiger partial charge is 0.166 e. The number of hydrogen-bond acceptors (Lipinski definition) is 2. The second-order valence-corrected chi connectivity index (χ2v) is 4.55. The quantitative estimate of drug-likeness (QED) is 0.505. The third-order valence-electron chi connectivity index (χ3n) is 2.62. The molecule has 0 amide bonds.